The van der Waals surface area contributed by atoms with Crippen LogP contribution in [0.5, 0.6) is 0 Å². The molecule has 0 N–H and O–H groups in total. The number of benzene rings is 2. The van der Waals surface area contributed by atoms with E-state index in [0.717, 1.165) is 36.0 Å². The predicted octanol–water partition coefficient (Wildman–Crippen LogP) is 4.91. The van der Waals surface area contributed by atoms with Gasteiger partial charge in [-0.2, -0.15) is 0 Å². The fraction of sp³-hybridized carbons (Fsp3) is 0.500. The number of fused-ring (bicyclic) bond motifs is 1. The summed E-state index contributed by atoms with van der Waals surface area (Å²) < 4.78 is 0. The molecule has 5 nitrogen and oxygen atoms in total. The van der Waals surface area contributed by atoms with Gasteiger partial charge in [-0.3, -0.25) is 14.4 Å². The monoisotopic (exact) mass is 474 g/mol. The van der Waals surface area contributed by atoms with E-state index in [9.17, 15) is 14.4 Å². The zero-order chi connectivity index (χ0) is 25.2. The summed E-state index contributed by atoms with van der Waals surface area (Å²) in [6, 6.07) is 16.0. The Hall–Kier alpha value is -2.95. The molecule has 1 fully saturated rings. The molecule has 4 rings (SSSR count). The number of rotatable bonds is 7. The van der Waals surface area contributed by atoms with E-state index in [1.807, 2.05) is 54.3 Å². The maximum atomic E-state index is 13.3. The Balaban J connectivity index is 1.43. The van der Waals surface area contributed by atoms with Crippen molar-refractivity contribution in [3.05, 3.63) is 70.8 Å². The molecule has 0 aromatic heterocycles. The van der Waals surface area contributed by atoms with Gasteiger partial charge in [-0.1, -0.05) is 63.2 Å². The van der Waals surface area contributed by atoms with Crippen molar-refractivity contribution in [2.24, 2.45) is 0 Å². The lowest BCUT2D eigenvalue weighted by atomic mass is 9.68. The zero-order valence-electron chi connectivity index (χ0n) is 21.6. The van der Waals surface area contributed by atoms with Crippen LogP contribution in [0.15, 0.2) is 48.5 Å². The Morgan fingerprint density at radius 1 is 0.943 bits per heavy atom. The van der Waals surface area contributed by atoms with Gasteiger partial charge in [-0.25, -0.2) is 0 Å². The lowest BCUT2D eigenvalue weighted by molar-refractivity contribution is -0.136. The molecule has 2 aliphatic rings. The van der Waals surface area contributed by atoms with Crippen molar-refractivity contribution in [2.75, 3.05) is 26.7 Å². The molecule has 0 spiro atoms. The molecule has 1 aliphatic carbocycles. The van der Waals surface area contributed by atoms with Crippen LogP contribution in [0.2, 0.25) is 0 Å². The predicted molar refractivity (Wildman–Crippen MR) is 139 cm³/mol. The molecule has 0 radical (unpaired) electrons. The standard InChI is InChI=1S/C30H38N2O3/c1-5-10-26(33)30(22-11-7-6-8-12-22)17-19-32(20-18-30)27(34)21-31(4)28(35)24-13-9-14-25-23(24)15-16-29(25,2)3/h6-9,11-14H,5,10,15-21H2,1-4H3. The fourth-order valence-corrected chi connectivity index (χ4v) is 5.93. The van der Waals surface area contributed by atoms with E-state index in [4.69, 9.17) is 0 Å². The van der Waals surface area contributed by atoms with Gasteiger partial charge in [0.25, 0.3) is 5.91 Å². The minimum absolute atomic E-state index is 0.0487. The average Bonchev–Trinajstić information content (AvgIpc) is 3.18. The van der Waals surface area contributed by atoms with Crippen molar-refractivity contribution < 1.29 is 14.4 Å². The molecule has 1 heterocycles. The zero-order valence-corrected chi connectivity index (χ0v) is 21.6. The fourth-order valence-electron chi connectivity index (χ4n) is 5.93. The Morgan fingerprint density at radius 2 is 1.63 bits per heavy atom. The molecule has 2 aromatic rings. The van der Waals surface area contributed by atoms with Gasteiger partial charge in [0, 0.05) is 32.1 Å². The van der Waals surface area contributed by atoms with Crippen molar-refractivity contribution in [3.63, 3.8) is 0 Å². The van der Waals surface area contributed by atoms with Crippen LogP contribution in [0.4, 0.5) is 0 Å². The Bertz CT molecular complexity index is 1100. The number of likely N-dealkylation sites (tertiary alicyclic amines) is 1. The minimum atomic E-state index is -0.521. The number of ketones is 1. The second-order valence-corrected chi connectivity index (χ2v) is 10.9. The molecule has 35 heavy (non-hydrogen) atoms. The van der Waals surface area contributed by atoms with Gasteiger partial charge in [-0.05, 0) is 60.3 Å². The molecular weight excluding hydrogens is 436 g/mol. The molecule has 2 amide bonds. The summed E-state index contributed by atoms with van der Waals surface area (Å²) in [6.07, 6.45) is 4.55. The maximum absolute atomic E-state index is 13.3. The lowest BCUT2D eigenvalue weighted by Gasteiger charge is -2.41. The van der Waals surface area contributed by atoms with E-state index >= 15 is 0 Å². The minimum Gasteiger partial charge on any atom is -0.341 e. The van der Waals surface area contributed by atoms with Gasteiger partial charge in [0.05, 0.1) is 12.0 Å². The van der Waals surface area contributed by atoms with Gasteiger partial charge in [0.2, 0.25) is 5.91 Å². The molecule has 0 saturated carbocycles. The van der Waals surface area contributed by atoms with E-state index < -0.39 is 5.41 Å². The van der Waals surface area contributed by atoms with Crippen molar-refractivity contribution in [3.8, 4) is 0 Å². The number of hydrogen-bond donors (Lipinski definition) is 0. The molecule has 2 aromatic carbocycles. The van der Waals surface area contributed by atoms with Gasteiger partial charge in [0.1, 0.15) is 5.78 Å². The highest BCUT2D eigenvalue weighted by atomic mass is 16.2. The van der Waals surface area contributed by atoms with Crippen LogP contribution in [0, 0.1) is 0 Å². The van der Waals surface area contributed by atoms with E-state index in [1.165, 1.54) is 5.56 Å². The summed E-state index contributed by atoms with van der Waals surface area (Å²) in [5.74, 6) is 0.117. The average molecular weight is 475 g/mol. The first-order chi connectivity index (χ1) is 16.7. The number of carbonyl (C=O) groups is 3. The summed E-state index contributed by atoms with van der Waals surface area (Å²) in [7, 11) is 1.71. The number of nitrogens with zero attached hydrogens (tertiary/aromatic N) is 2. The highest BCUT2D eigenvalue weighted by Gasteiger charge is 2.43. The third-order valence-electron chi connectivity index (χ3n) is 8.16. The number of likely N-dealkylation sites (N-methyl/N-ethyl adjacent to an activating group) is 1. The Morgan fingerprint density at radius 3 is 2.29 bits per heavy atom. The van der Waals surface area contributed by atoms with Gasteiger partial charge in [-0.15, -0.1) is 0 Å². The SMILES string of the molecule is CCCC(=O)C1(c2ccccc2)CCN(C(=O)CN(C)C(=O)c2cccc3c2CCC3(C)C)CC1. The molecule has 0 atom stereocenters. The molecule has 0 bridgehead atoms. The van der Waals surface area contributed by atoms with Crippen LogP contribution < -0.4 is 0 Å². The van der Waals surface area contributed by atoms with Crippen LogP contribution in [0.25, 0.3) is 0 Å². The van der Waals surface area contributed by atoms with Gasteiger partial charge < -0.3 is 9.80 Å². The van der Waals surface area contributed by atoms with Crippen LogP contribution in [0.1, 0.15) is 79.9 Å². The molecule has 1 saturated heterocycles. The van der Waals surface area contributed by atoms with Crippen LogP contribution in [-0.2, 0) is 26.8 Å². The molecule has 186 valence electrons. The lowest BCUT2D eigenvalue weighted by Crippen LogP contribution is -2.51. The summed E-state index contributed by atoms with van der Waals surface area (Å²) in [5, 5.41) is 0. The summed E-state index contributed by atoms with van der Waals surface area (Å²) in [4.78, 5) is 43.0. The number of hydrogen-bond acceptors (Lipinski definition) is 3. The Kier molecular flexibility index (Phi) is 7.16. The first kappa shape index (κ1) is 25.2. The molecule has 0 unspecified atom stereocenters. The van der Waals surface area contributed by atoms with E-state index in [0.29, 0.717) is 32.4 Å². The second kappa shape index (κ2) is 9.96. The maximum Gasteiger partial charge on any atom is 0.254 e. The van der Waals surface area contributed by atoms with Crippen molar-refractivity contribution >= 4 is 17.6 Å². The van der Waals surface area contributed by atoms with Gasteiger partial charge >= 0.3 is 0 Å². The van der Waals surface area contributed by atoms with Crippen molar-refractivity contribution in [2.45, 2.75) is 70.1 Å². The summed E-state index contributed by atoms with van der Waals surface area (Å²) >= 11 is 0. The van der Waals surface area contributed by atoms with E-state index in [-0.39, 0.29) is 29.6 Å². The summed E-state index contributed by atoms with van der Waals surface area (Å²) in [5.41, 5.74) is 3.70. The third kappa shape index (κ3) is 4.78. The van der Waals surface area contributed by atoms with Gasteiger partial charge in [0.15, 0.2) is 0 Å². The molecule has 1 aliphatic heterocycles. The highest BCUT2D eigenvalue weighted by Crippen LogP contribution is 2.40. The number of piperidine rings is 1. The van der Waals surface area contributed by atoms with Crippen LogP contribution >= 0.6 is 0 Å². The third-order valence-corrected chi connectivity index (χ3v) is 8.16. The molecular formula is C30H38N2O3. The van der Waals surface area contributed by atoms with Crippen LogP contribution in [-0.4, -0.2) is 54.1 Å². The normalized spacial score (nSPS) is 18.1. The first-order valence-electron chi connectivity index (χ1n) is 12.9. The number of amides is 2. The highest BCUT2D eigenvalue weighted by molar-refractivity contribution is 5.98. The van der Waals surface area contributed by atoms with E-state index in [1.54, 1.807) is 11.9 Å². The number of carbonyl (C=O) groups excluding carboxylic acids is 3. The second-order valence-electron chi connectivity index (χ2n) is 10.9. The Labute approximate surface area is 209 Å². The number of Topliss-reactive ketones (excluding diaryl/α,β-unsaturated/α-hetero) is 1. The quantitative estimate of drug-likeness (QED) is 0.573. The van der Waals surface area contributed by atoms with Crippen LogP contribution in [0.3, 0.4) is 0 Å². The largest absolute Gasteiger partial charge is 0.341 e. The first-order valence-corrected chi connectivity index (χ1v) is 12.9. The van der Waals surface area contributed by atoms with Crippen molar-refractivity contribution in [1.82, 2.24) is 9.80 Å². The van der Waals surface area contributed by atoms with E-state index in [2.05, 4.69) is 19.9 Å². The van der Waals surface area contributed by atoms with Crippen molar-refractivity contribution in [1.29, 1.82) is 0 Å². The summed E-state index contributed by atoms with van der Waals surface area (Å²) in [6.45, 7) is 7.58. The molecule has 5 heteroatoms. The topological polar surface area (TPSA) is 57.7 Å². The smallest absolute Gasteiger partial charge is 0.254 e.